The average molecular weight is 386 g/mol. The third-order valence-electron chi connectivity index (χ3n) is 7.46. The number of aromatic amines is 1. The van der Waals surface area contributed by atoms with Gasteiger partial charge in [0.25, 0.3) is 0 Å². The van der Waals surface area contributed by atoms with E-state index in [-0.39, 0.29) is 34.9 Å². The van der Waals surface area contributed by atoms with Crippen molar-refractivity contribution in [3.8, 4) is 0 Å². The highest BCUT2D eigenvalue weighted by molar-refractivity contribution is 5.81. The van der Waals surface area contributed by atoms with Gasteiger partial charge in [-0.2, -0.15) is 0 Å². The number of carbonyl (C=O) groups excluding carboxylic acids is 2. The molecule has 1 aromatic heterocycles. The van der Waals surface area contributed by atoms with Gasteiger partial charge in [0.05, 0.1) is 31.0 Å². The van der Waals surface area contributed by atoms with E-state index in [1.165, 1.54) is 0 Å². The minimum absolute atomic E-state index is 0.0746. The fraction of sp³-hybridized carbons (Fsp3) is 0.762. The van der Waals surface area contributed by atoms with Crippen molar-refractivity contribution in [3.63, 3.8) is 0 Å². The third-order valence-corrected chi connectivity index (χ3v) is 7.46. The summed E-state index contributed by atoms with van der Waals surface area (Å²) in [4.78, 5) is 35.0. The van der Waals surface area contributed by atoms with E-state index in [1.807, 2.05) is 11.8 Å². The average Bonchev–Trinajstić information content (AvgIpc) is 3.08. The molecule has 28 heavy (non-hydrogen) atoms. The summed E-state index contributed by atoms with van der Waals surface area (Å²) in [5.74, 6) is 0.966. The molecule has 1 aliphatic heterocycles. The second-order valence-electron chi connectivity index (χ2n) is 9.65. The molecule has 0 aromatic carbocycles. The quantitative estimate of drug-likeness (QED) is 0.780. The van der Waals surface area contributed by atoms with Crippen molar-refractivity contribution in [1.82, 2.24) is 20.2 Å². The van der Waals surface area contributed by atoms with Crippen LogP contribution in [0.15, 0.2) is 12.5 Å². The van der Waals surface area contributed by atoms with Crippen molar-refractivity contribution in [3.05, 3.63) is 18.2 Å². The first-order chi connectivity index (χ1) is 13.5. The van der Waals surface area contributed by atoms with Crippen LogP contribution in [0, 0.1) is 11.8 Å². The van der Waals surface area contributed by atoms with Gasteiger partial charge in [-0.15, -0.1) is 0 Å². The van der Waals surface area contributed by atoms with E-state index >= 15 is 0 Å². The van der Waals surface area contributed by atoms with E-state index in [1.54, 1.807) is 12.5 Å². The molecule has 4 saturated carbocycles. The lowest BCUT2D eigenvalue weighted by molar-refractivity contribution is -0.176. The molecule has 2 unspecified atom stereocenters. The first-order valence-corrected chi connectivity index (χ1v) is 10.7. The van der Waals surface area contributed by atoms with Gasteiger partial charge in [-0.3, -0.25) is 9.59 Å². The van der Waals surface area contributed by atoms with Crippen LogP contribution in [0.2, 0.25) is 0 Å². The maximum Gasteiger partial charge on any atom is 0.226 e. The van der Waals surface area contributed by atoms with Crippen LogP contribution in [0.3, 0.4) is 0 Å². The highest BCUT2D eigenvalue weighted by atomic mass is 16.5. The first kappa shape index (κ1) is 18.2. The molecule has 2 bridgehead atoms. The number of amides is 2. The summed E-state index contributed by atoms with van der Waals surface area (Å²) in [5, 5.41) is 3.22. The summed E-state index contributed by atoms with van der Waals surface area (Å²) < 4.78 is 6.08. The fourth-order valence-corrected chi connectivity index (χ4v) is 5.51. The molecular formula is C21H30N4O3. The largest absolute Gasteiger partial charge is 0.373 e. The van der Waals surface area contributed by atoms with Crippen LogP contribution in [0.1, 0.15) is 57.6 Å². The standard InChI is InChI=1S/C21H30N4O3/c1-14(5-16-10-22-13-23-16)19(27)25-11-17(28-12-21(25)3-2-4-21)6-18(26)24-20-7-15(8-20)9-20/h10,13-15,17H,2-9,11-12H2,1H3,(H,22,23)(H,24,26). The number of imidazole rings is 1. The van der Waals surface area contributed by atoms with Gasteiger partial charge in [-0.25, -0.2) is 4.98 Å². The Hall–Kier alpha value is -1.89. The highest BCUT2D eigenvalue weighted by Gasteiger charge is 2.57. The van der Waals surface area contributed by atoms with Gasteiger partial charge in [0.15, 0.2) is 0 Å². The van der Waals surface area contributed by atoms with Crippen molar-refractivity contribution in [1.29, 1.82) is 0 Å². The van der Waals surface area contributed by atoms with E-state index in [0.717, 1.165) is 50.1 Å². The zero-order valence-corrected chi connectivity index (χ0v) is 16.6. The molecule has 1 aromatic rings. The predicted molar refractivity (Wildman–Crippen MR) is 102 cm³/mol. The van der Waals surface area contributed by atoms with Crippen LogP contribution in [-0.4, -0.2) is 57.0 Å². The van der Waals surface area contributed by atoms with E-state index < -0.39 is 0 Å². The molecule has 2 heterocycles. The van der Waals surface area contributed by atoms with Crippen molar-refractivity contribution >= 4 is 11.8 Å². The Morgan fingerprint density at radius 3 is 2.75 bits per heavy atom. The summed E-state index contributed by atoms with van der Waals surface area (Å²) in [7, 11) is 0. The Balaban J connectivity index is 1.22. The Kier molecular flexibility index (Phi) is 4.27. The van der Waals surface area contributed by atoms with Gasteiger partial charge in [-0.1, -0.05) is 6.92 Å². The van der Waals surface area contributed by atoms with Gasteiger partial charge in [-0.05, 0) is 44.4 Å². The SMILES string of the molecule is CC(Cc1cnc[nH]1)C(=O)N1CC(CC(=O)NC23CC(C2)C3)OCC12CCC2. The molecule has 1 spiro atoms. The Labute approximate surface area is 165 Å². The summed E-state index contributed by atoms with van der Waals surface area (Å²) in [6.45, 7) is 3.06. The van der Waals surface area contributed by atoms with Crippen LogP contribution in [0.5, 0.6) is 0 Å². The van der Waals surface area contributed by atoms with Crippen molar-refractivity contribution in [2.45, 2.75) is 75.5 Å². The van der Waals surface area contributed by atoms with Gasteiger partial charge < -0.3 is 19.9 Å². The molecule has 6 rings (SSSR count). The monoisotopic (exact) mass is 386 g/mol. The first-order valence-electron chi connectivity index (χ1n) is 10.7. The zero-order valence-electron chi connectivity index (χ0n) is 16.6. The molecule has 2 atom stereocenters. The molecule has 152 valence electrons. The second-order valence-corrected chi connectivity index (χ2v) is 9.65. The Morgan fingerprint density at radius 1 is 1.39 bits per heavy atom. The molecule has 4 aliphatic carbocycles. The number of nitrogens with one attached hydrogen (secondary N) is 2. The number of aromatic nitrogens is 2. The number of hydrogen-bond acceptors (Lipinski definition) is 4. The van der Waals surface area contributed by atoms with Gasteiger partial charge in [0.2, 0.25) is 11.8 Å². The van der Waals surface area contributed by atoms with Gasteiger partial charge in [0.1, 0.15) is 0 Å². The zero-order chi connectivity index (χ0) is 19.4. The summed E-state index contributed by atoms with van der Waals surface area (Å²) in [6, 6.07) is 0. The minimum Gasteiger partial charge on any atom is -0.373 e. The number of H-pyrrole nitrogens is 1. The van der Waals surface area contributed by atoms with Crippen LogP contribution >= 0.6 is 0 Å². The maximum absolute atomic E-state index is 13.3. The third kappa shape index (κ3) is 3.04. The molecule has 5 aliphatic rings. The minimum atomic E-state index is -0.207. The van der Waals surface area contributed by atoms with Crippen molar-refractivity contribution < 1.29 is 14.3 Å². The molecule has 2 N–H and O–H groups in total. The van der Waals surface area contributed by atoms with E-state index in [0.29, 0.717) is 26.0 Å². The molecule has 0 radical (unpaired) electrons. The summed E-state index contributed by atoms with van der Waals surface area (Å²) >= 11 is 0. The van der Waals surface area contributed by atoms with E-state index in [4.69, 9.17) is 4.74 Å². The fourth-order valence-electron chi connectivity index (χ4n) is 5.51. The van der Waals surface area contributed by atoms with Crippen LogP contribution in [-0.2, 0) is 20.7 Å². The van der Waals surface area contributed by atoms with Gasteiger partial charge >= 0.3 is 0 Å². The number of hydrogen-bond donors (Lipinski definition) is 2. The topological polar surface area (TPSA) is 87.3 Å². The van der Waals surface area contributed by atoms with E-state index in [2.05, 4.69) is 15.3 Å². The van der Waals surface area contributed by atoms with Crippen LogP contribution in [0.25, 0.3) is 0 Å². The lowest BCUT2D eigenvalue weighted by Gasteiger charge is -2.62. The number of carbonyl (C=O) groups is 2. The highest BCUT2D eigenvalue weighted by Crippen LogP contribution is 2.57. The summed E-state index contributed by atoms with van der Waals surface area (Å²) in [6.07, 6.45) is 10.8. The number of morpholine rings is 1. The predicted octanol–water partition coefficient (Wildman–Crippen LogP) is 1.80. The van der Waals surface area contributed by atoms with Gasteiger partial charge in [0, 0.05) is 36.3 Å². The second kappa shape index (κ2) is 6.58. The molecule has 2 amide bonds. The lowest BCUT2D eigenvalue weighted by Crippen LogP contribution is -2.69. The number of ether oxygens (including phenoxy) is 1. The molecule has 1 saturated heterocycles. The lowest BCUT2D eigenvalue weighted by atomic mass is 9.50. The maximum atomic E-state index is 13.3. The Morgan fingerprint density at radius 2 is 2.18 bits per heavy atom. The Bertz CT molecular complexity index is 741. The van der Waals surface area contributed by atoms with Crippen LogP contribution < -0.4 is 5.32 Å². The summed E-state index contributed by atoms with van der Waals surface area (Å²) in [5.41, 5.74) is 0.922. The van der Waals surface area contributed by atoms with E-state index in [9.17, 15) is 9.59 Å². The normalized spacial score (nSPS) is 33.4. The van der Waals surface area contributed by atoms with Crippen molar-refractivity contribution in [2.75, 3.05) is 13.2 Å². The molecule has 7 nitrogen and oxygen atoms in total. The van der Waals surface area contributed by atoms with Crippen molar-refractivity contribution in [2.24, 2.45) is 11.8 Å². The van der Waals surface area contributed by atoms with Crippen LogP contribution in [0.4, 0.5) is 0 Å². The molecule has 5 fully saturated rings. The number of rotatable bonds is 6. The molecule has 7 heteroatoms. The molecular weight excluding hydrogens is 356 g/mol. The number of nitrogens with zero attached hydrogens (tertiary/aromatic N) is 2. The smallest absolute Gasteiger partial charge is 0.226 e.